The Kier molecular flexibility index (Phi) is 8.23. The van der Waals surface area contributed by atoms with Gasteiger partial charge in [0.25, 0.3) is 0 Å². The summed E-state index contributed by atoms with van der Waals surface area (Å²) in [5.41, 5.74) is 1.39. The number of sulfonamides is 1. The second kappa shape index (κ2) is 11.9. The largest absolute Gasteiger partial charge is 0.481 e. The van der Waals surface area contributed by atoms with E-state index in [1.807, 2.05) is 17.9 Å². The Morgan fingerprint density at radius 3 is 2.58 bits per heavy atom. The van der Waals surface area contributed by atoms with Crippen LogP contribution in [-0.2, 0) is 27.5 Å². The number of pyridine rings is 2. The minimum absolute atomic E-state index is 0.0277. The van der Waals surface area contributed by atoms with E-state index in [4.69, 9.17) is 0 Å². The van der Waals surface area contributed by atoms with E-state index in [2.05, 4.69) is 15.2 Å². The molecule has 0 radical (unpaired) electrons. The van der Waals surface area contributed by atoms with Crippen LogP contribution >= 0.6 is 0 Å². The molecule has 1 unspecified atom stereocenters. The number of hydrogen-bond donors (Lipinski definition) is 1. The molecule has 1 N–H and O–H groups in total. The van der Waals surface area contributed by atoms with Crippen molar-refractivity contribution in [1.82, 2.24) is 23.9 Å². The number of hydrogen-bond acceptors (Lipinski definition) is 8. The number of nitriles is 1. The third-order valence-corrected chi connectivity index (χ3v) is 11.5. The molecular weight excluding hydrogens is 647 g/mol. The number of aryl methyl sites for hydroxylation is 2. The molecule has 1 aromatic carbocycles. The predicted molar refractivity (Wildman–Crippen MR) is 169 cm³/mol. The molecule has 2 aliphatic heterocycles. The number of fused-ring (bicyclic) bond motifs is 4. The molecule has 1 saturated heterocycles. The summed E-state index contributed by atoms with van der Waals surface area (Å²) in [7, 11) is -4.12. The van der Waals surface area contributed by atoms with Gasteiger partial charge in [-0.2, -0.15) is 22.7 Å². The molecule has 0 saturated carbocycles. The molecule has 252 valence electrons. The SMILES string of the molecule is Cc1ccc(C(c2ccn3c(C(F)(F)F)nnc3c2C)C(C)(C)C(=O)O)cc1CN1C[C@@H]2CCCCN2c2ncc(C#N)cc2S1(=O)=O. The molecule has 0 aliphatic carbocycles. The van der Waals surface area contributed by atoms with E-state index < -0.39 is 39.3 Å². The van der Waals surface area contributed by atoms with Crippen molar-refractivity contribution in [3.8, 4) is 6.07 Å². The first kappa shape index (κ1) is 33.4. The first-order chi connectivity index (χ1) is 22.5. The van der Waals surface area contributed by atoms with Gasteiger partial charge in [-0.3, -0.25) is 9.20 Å². The second-order valence-electron chi connectivity index (χ2n) is 13.1. The summed E-state index contributed by atoms with van der Waals surface area (Å²) in [5, 5.41) is 27.0. The molecular formula is C33H34F3N7O4S. The maximum absolute atomic E-state index is 14.3. The van der Waals surface area contributed by atoms with E-state index >= 15 is 0 Å². The first-order valence-corrected chi connectivity index (χ1v) is 16.9. The number of halogens is 3. The van der Waals surface area contributed by atoms with Gasteiger partial charge in [0, 0.05) is 44.0 Å². The maximum atomic E-state index is 14.3. The van der Waals surface area contributed by atoms with Crippen LogP contribution in [0.5, 0.6) is 0 Å². The van der Waals surface area contributed by atoms with Gasteiger partial charge >= 0.3 is 12.1 Å². The van der Waals surface area contributed by atoms with Crippen molar-refractivity contribution >= 4 is 27.5 Å². The molecule has 2 aliphatic rings. The van der Waals surface area contributed by atoms with Gasteiger partial charge in [0.1, 0.15) is 16.8 Å². The third kappa shape index (κ3) is 5.56. The van der Waals surface area contributed by atoms with E-state index in [1.54, 1.807) is 39.0 Å². The highest BCUT2D eigenvalue weighted by molar-refractivity contribution is 7.89. The Hall–Kier alpha value is -4.55. The van der Waals surface area contributed by atoms with Crippen LogP contribution in [0.3, 0.4) is 0 Å². The number of carbonyl (C=O) groups is 1. The fraction of sp³-hybridized carbons (Fsp3) is 0.424. The number of carboxylic acids is 1. The number of rotatable bonds is 6. The maximum Gasteiger partial charge on any atom is 0.452 e. The van der Waals surface area contributed by atoms with Crippen LogP contribution in [0.15, 0.2) is 47.6 Å². The number of aliphatic carboxylic acids is 1. The second-order valence-corrected chi connectivity index (χ2v) is 15.0. The smallest absolute Gasteiger partial charge is 0.452 e. The minimum Gasteiger partial charge on any atom is -0.481 e. The summed E-state index contributed by atoms with van der Waals surface area (Å²) in [6, 6.07) is 10.0. The summed E-state index contributed by atoms with van der Waals surface area (Å²) in [5.74, 6) is -2.84. The van der Waals surface area contributed by atoms with Crippen molar-refractivity contribution in [3.05, 3.63) is 81.9 Å². The molecule has 48 heavy (non-hydrogen) atoms. The van der Waals surface area contributed by atoms with Crippen LogP contribution in [0.25, 0.3) is 5.65 Å². The molecule has 2 atom stereocenters. The van der Waals surface area contributed by atoms with Gasteiger partial charge in [-0.15, -0.1) is 10.2 Å². The zero-order valence-corrected chi connectivity index (χ0v) is 27.6. The fourth-order valence-corrected chi connectivity index (χ4v) is 8.57. The topological polar surface area (TPSA) is 145 Å². The standard InChI is InChI=1S/C33H34F3N7O4S/c1-19-8-9-22(27(32(3,4)31(44)45)25-10-12-43-28(20(25)2)39-40-30(43)33(34,35)36)14-23(19)17-41-18-24-7-5-6-11-42(24)29-26(48(41,46)47)13-21(15-37)16-38-29/h8-10,12-14,16,24,27H,5-7,11,17-18H2,1-4H3,(H,44,45)/t24-,27?/m0/s1. The Morgan fingerprint density at radius 2 is 1.90 bits per heavy atom. The number of benzene rings is 1. The van der Waals surface area contributed by atoms with Gasteiger partial charge < -0.3 is 10.0 Å². The average molecular weight is 682 g/mol. The van der Waals surface area contributed by atoms with E-state index in [1.165, 1.54) is 28.8 Å². The lowest BCUT2D eigenvalue weighted by Crippen LogP contribution is -2.45. The number of anilines is 1. The van der Waals surface area contributed by atoms with E-state index in [-0.39, 0.29) is 35.2 Å². The van der Waals surface area contributed by atoms with Crippen molar-refractivity contribution in [1.29, 1.82) is 5.26 Å². The highest BCUT2D eigenvalue weighted by Gasteiger charge is 2.43. The lowest BCUT2D eigenvalue weighted by atomic mass is 9.70. The highest BCUT2D eigenvalue weighted by Crippen LogP contribution is 2.44. The van der Waals surface area contributed by atoms with Crippen molar-refractivity contribution in [2.45, 2.75) is 76.5 Å². The molecule has 5 heterocycles. The van der Waals surface area contributed by atoms with Crippen LogP contribution in [-0.4, -0.2) is 62.5 Å². The van der Waals surface area contributed by atoms with Crippen LogP contribution in [0.1, 0.15) is 78.2 Å². The summed E-state index contributed by atoms with van der Waals surface area (Å²) in [4.78, 5) is 19.1. The van der Waals surface area contributed by atoms with E-state index in [0.29, 0.717) is 34.6 Å². The summed E-state index contributed by atoms with van der Waals surface area (Å²) >= 11 is 0. The van der Waals surface area contributed by atoms with Crippen molar-refractivity contribution in [2.75, 3.05) is 18.0 Å². The van der Waals surface area contributed by atoms with Crippen molar-refractivity contribution in [3.63, 3.8) is 0 Å². The molecule has 11 nitrogen and oxygen atoms in total. The Morgan fingerprint density at radius 1 is 1.15 bits per heavy atom. The molecule has 0 spiro atoms. The number of aromatic nitrogens is 4. The molecule has 6 rings (SSSR count). The molecule has 0 bridgehead atoms. The summed E-state index contributed by atoms with van der Waals surface area (Å²) in [6.45, 7) is 7.31. The van der Waals surface area contributed by atoms with Crippen LogP contribution in [0.4, 0.5) is 19.0 Å². The van der Waals surface area contributed by atoms with Crippen molar-refractivity contribution < 1.29 is 31.5 Å². The zero-order valence-electron chi connectivity index (χ0n) is 26.8. The Balaban J connectivity index is 1.46. The zero-order chi connectivity index (χ0) is 34.8. The van der Waals surface area contributed by atoms with Gasteiger partial charge in [0.2, 0.25) is 15.8 Å². The van der Waals surface area contributed by atoms with E-state index in [0.717, 1.165) is 29.2 Å². The molecule has 1 fully saturated rings. The average Bonchev–Trinajstić information content (AvgIpc) is 3.46. The number of alkyl halides is 3. The molecule has 3 aromatic heterocycles. The quantitative estimate of drug-likeness (QED) is 0.281. The normalized spacial score (nSPS) is 18.9. The number of nitrogens with zero attached hydrogens (tertiary/aromatic N) is 7. The van der Waals surface area contributed by atoms with E-state index in [9.17, 15) is 36.8 Å². The number of piperidine rings is 1. The van der Waals surface area contributed by atoms with Crippen LogP contribution in [0, 0.1) is 30.6 Å². The molecule has 4 aromatic rings. The summed E-state index contributed by atoms with van der Waals surface area (Å²) < 4.78 is 71.6. The van der Waals surface area contributed by atoms with Gasteiger partial charge in [0.15, 0.2) is 5.65 Å². The lowest BCUT2D eigenvalue weighted by molar-refractivity contribution is -0.147. The Labute approximate surface area is 275 Å². The van der Waals surface area contributed by atoms with Gasteiger partial charge in [-0.25, -0.2) is 13.4 Å². The van der Waals surface area contributed by atoms with Gasteiger partial charge in [-0.05, 0) is 86.9 Å². The highest BCUT2D eigenvalue weighted by atomic mass is 32.2. The third-order valence-electron chi connectivity index (χ3n) is 9.65. The minimum atomic E-state index is -4.74. The Bertz CT molecular complexity index is 2090. The van der Waals surface area contributed by atoms with Gasteiger partial charge in [-0.1, -0.05) is 18.2 Å². The van der Waals surface area contributed by atoms with Crippen LogP contribution in [0.2, 0.25) is 0 Å². The molecule has 15 heteroatoms. The summed E-state index contributed by atoms with van der Waals surface area (Å²) in [6.07, 6.45) is 0.422. The monoisotopic (exact) mass is 681 g/mol. The number of carboxylic acid groups (broad SMARTS) is 1. The fourth-order valence-electron chi connectivity index (χ4n) is 6.94. The van der Waals surface area contributed by atoms with Crippen molar-refractivity contribution in [2.24, 2.45) is 5.41 Å². The lowest BCUT2D eigenvalue weighted by Gasteiger charge is -2.36. The van der Waals surface area contributed by atoms with Gasteiger partial charge in [0.05, 0.1) is 11.0 Å². The van der Waals surface area contributed by atoms with Crippen LogP contribution < -0.4 is 4.90 Å². The predicted octanol–water partition coefficient (Wildman–Crippen LogP) is 5.44. The molecule has 0 amide bonds. The first-order valence-electron chi connectivity index (χ1n) is 15.5.